The molecule has 21 heavy (non-hydrogen) atoms. The Morgan fingerprint density at radius 3 is 2.71 bits per heavy atom. The summed E-state index contributed by atoms with van der Waals surface area (Å²) in [5, 5.41) is 11.0. The van der Waals surface area contributed by atoms with Crippen molar-refractivity contribution in [3.05, 3.63) is 67.9 Å². The average molecular weight is 375 g/mol. The van der Waals surface area contributed by atoms with Gasteiger partial charge in [-0.3, -0.25) is 10.1 Å². The number of benzene rings is 2. The Morgan fingerprint density at radius 2 is 2.05 bits per heavy atom. The Balaban J connectivity index is 2.23. The van der Waals surface area contributed by atoms with Crippen LogP contribution in [0.1, 0.15) is 11.1 Å². The van der Waals surface area contributed by atoms with Gasteiger partial charge in [-0.1, -0.05) is 22.0 Å². The van der Waals surface area contributed by atoms with E-state index in [1.807, 2.05) is 0 Å². The summed E-state index contributed by atoms with van der Waals surface area (Å²) >= 11 is 8.88. The first-order valence-corrected chi connectivity index (χ1v) is 7.24. The Labute approximate surface area is 133 Å². The van der Waals surface area contributed by atoms with Crippen LogP contribution in [0.25, 0.3) is 0 Å². The van der Waals surface area contributed by atoms with Crippen LogP contribution < -0.4 is 4.74 Å². The van der Waals surface area contributed by atoms with E-state index in [2.05, 4.69) is 15.9 Å². The highest BCUT2D eigenvalue weighted by molar-refractivity contribution is 9.10. The maximum absolute atomic E-state index is 13.6. The van der Waals surface area contributed by atoms with Gasteiger partial charge in [0.15, 0.2) is 5.75 Å². The molecule has 2 aromatic carbocycles. The highest BCUT2D eigenvalue weighted by atomic mass is 79.9. The Morgan fingerprint density at radius 1 is 1.29 bits per heavy atom. The molecule has 0 aliphatic carbocycles. The molecule has 2 aromatic rings. The molecule has 0 N–H and O–H groups in total. The largest absolute Gasteiger partial charge is 0.482 e. The number of hydrogen-bond donors (Lipinski definition) is 0. The minimum absolute atomic E-state index is 0.0771. The SMILES string of the molecule is O=[N+]([O-])c1cc(CCl)ccc1OCc1cc(Br)ccc1F. The molecule has 0 fully saturated rings. The van der Waals surface area contributed by atoms with E-state index in [1.54, 1.807) is 18.2 Å². The highest BCUT2D eigenvalue weighted by Gasteiger charge is 2.16. The third-order valence-corrected chi connectivity index (χ3v) is 3.57. The first-order valence-electron chi connectivity index (χ1n) is 5.91. The topological polar surface area (TPSA) is 52.4 Å². The van der Waals surface area contributed by atoms with Crippen LogP contribution in [0.15, 0.2) is 40.9 Å². The standard InChI is InChI=1S/C14H10BrClFNO3/c15-11-2-3-12(17)10(6-11)8-21-14-4-1-9(7-16)5-13(14)18(19)20/h1-6H,7-8H2. The predicted molar refractivity (Wildman–Crippen MR) is 81.1 cm³/mol. The number of nitro benzene ring substituents is 1. The van der Waals surface area contributed by atoms with Crippen molar-refractivity contribution in [3.8, 4) is 5.75 Å². The van der Waals surface area contributed by atoms with Crippen molar-refractivity contribution < 1.29 is 14.1 Å². The van der Waals surface area contributed by atoms with Gasteiger partial charge < -0.3 is 4.74 Å². The van der Waals surface area contributed by atoms with E-state index in [4.69, 9.17) is 16.3 Å². The maximum atomic E-state index is 13.6. The zero-order valence-electron chi connectivity index (χ0n) is 10.7. The Kier molecular flexibility index (Phi) is 5.14. The van der Waals surface area contributed by atoms with Gasteiger partial charge in [-0.2, -0.15) is 0 Å². The normalized spacial score (nSPS) is 10.4. The molecule has 0 atom stereocenters. The van der Waals surface area contributed by atoms with E-state index in [0.717, 1.165) is 0 Å². The van der Waals surface area contributed by atoms with Crippen LogP contribution in [0.3, 0.4) is 0 Å². The summed E-state index contributed by atoms with van der Waals surface area (Å²) < 4.78 is 19.7. The molecule has 0 spiro atoms. The summed E-state index contributed by atoms with van der Waals surface area (Å²) in [5.74, 6) is -0.187. The second-order valence-corrected chi connectivity index (χ2v) is 5.40. The maximum Gasteiger partial charge on any atom is 0.311 e. The van der Waals surface area contributed by atoms with E-state index < -0.39 is 10.7 Å². The summed E-state index contributed by atoms with van der Waals surface area (Å²) in [6.07, 6.45) is 0. The highest BCUT2D eigenvalue weighted by Crippen LogP contribution is 2.29. The predicted octanol–water partition coefficient (Wildman–Crippen LogP) is 4.81. The molecule has 2 rings (SSSR count). The minimum Gasteiger partial charge on any atom is -0.482 e. The van der Waals surface area contributed by atoms with E-state index in [0.29, 0.717) is 15.6 Å². The van der Waals surface area contributed by atoms with Gasteiger partial charge in [0.1, 0.15) is 12.4 Å². The summed E-state index contributed by atoms with van der Waals surface area (Å²) in [6, 6.07) is 8.87. The number of nitro groups is 1. The average Bonchev–Trinajstić information content (AvgIpc) is 2.48. The van der Waals surface area contributed by atoms with Crippen molar-refractivity contribution in [2.24, 2.45) is 0 Å². The molecule has 0 amide bonds. The van der Waals surface area contributed by atoms with Gasteiger partial charge in [-0.05, 0) is 29.8 Å². The van der Waals surface area contributed by atoms with Crippen LogP contribution in [0, 0.1) is 15.9 Å². The van der Waals surface area contributed by atoms with Crippen molar-refractivity contribution in [1.29, 1.82) is 0 Å². The van der Waals surface area contributed by atoms with Crippen LogP contribution in [-0.4, -0.2) is 4.92 Å². The van der Waals surface area contributed by atoms with Gasteiger partial charge in [0, 0.05) is 22.0 Å². The van der Waals surface area contributed by atoms with Gasteiger partial charge in [-0.15, -0.1) is 11.6 Å². The lowest BCUT2D eigenvalue weighted by molar-refractivity contribution is -0.386. The third kappa shape index (κ3) is 3.92. The van der Waals surface area contributed by atoms with Crippen LogP contribution in [0.2, 0.25) is 0 Å². The first-order chi connectivity index (χ1) is 10.0. The fourth-order valence-corrected chi connectivity index (χ4v) is 2.29. The fourth-order valence-electron chi connectivity index (χ4n) is 1.72. The lowest BCUT2D eigenvalue weighted by Gasteiger charge is -2.09. The lowest BCUT2D eigenvalue weighted by atomic mass is 10.2. The fraction of sp³-hybridized carbons (Fsp3) is 0.143. The molecule has 7 heteroatoms. The Bertz CT molecular complexity index is 681. The van der Waals surface area contributed by atoms with Crippen molar-refractivity contribution in [2.75, 3.05) is 0 Å². The molecular formula is C14H10BrClFNO3. The molecule has 110 valence electrons. The molecule has 0 saturated carbocycles. The van der Waals surface area contributed by atoms with Crippen molar-refractivity contribution in [3.63, 3.8) is 0 Å². The third-order valence-electron chi connectivity index (χ3n) is 2.77. The summed E-state index contributed by atoms with van der Waals surface area (Å²) in [7, 11) is 0. The zero-order chi connectivity index (χ0) is 15.4. The van der Waals surface area contributed by atoms with Gasteiger partial charge >= 0.3 is 5.69 Å². The van der Waals surface area contributed by atoms with Gasteiger partial charge in [0.2, 0.25) is 0 Å². The van der Waals surface area contributed by atoms with Crippen LogP contribution in [0.5, 0.6) is 5.75 Å². The molecular weight excluding hydrogens is 365 g/mol. The van der Waals surface area contributed by atoms with E-state index >= 15 is 0 Å². The molecule has 4 nitrogen and oxygen atoms in total. The number of rotatable bonds is 5. The van der Waals surface area contributed by atoms with E-state index in [-0.39, 0.29) is 23.9 Å². The van der Waals surface area contributed by atoms with Gasteiger partial charge in [-0.25, -0.2) is 4.39 Å². The molecule has 0 radical (unpaired) electrons. The number of hydrogen-bond acceptors (Lipinski definition) is 3. The molecule has 0 aliphatic heterocycles. The summed E-state index contributed by atoms with van der Waals surface area (Å²) in [5.41, 5.74) is 0.730. The van der Waals surface area contributed by atoms with Crippen LogP contribution in [-0.2, 0) is 12.5 Å². The molecule has 0 saturated heterocycles. The summed E-state index contributed by atoms with van der Waals surface area (Å²) in [4.78, 5) is 10.5. The zero-order valence-corrected chi connectivity index (χ0v) is 13.0. The number of alkyl halides is 1. The number of halogens is 3. The summed E-state index contributed by atoms with van der Waals surface area (Å²) in [6.45, 7) is -0.105. The molecule has 0 aromatic heterocycles. The molecule has 0 unspecified atom stereocenters. The van der Waals surface area contributed by atoms with Crippen molar-refractivity contribution in [2.45, 2.75) is 12.5 Å². The smallest absolute Gasteiger partial charge is 0.311 e. The van der Waals surface area contributed by atoms with Gasteiger partial charge in [0.25, 0.3) is 0 Å². The van der Waals surface area contributed by atoms with Crippen molar-refractivity contribution in [1.82, 2.24) is 0 Å². The Hall–Kier alpha value is -1.66. The number of ether oxygens (including phenoxy) is 1. The quantitative estimate of drug-likeness (QED) is 0.428. The molecule has 0 aliphatic rings. The molecule has 0 heterocycles. The van der Waals surface area contributed by atoms with Crippen LogP contribution >= 0.6 is 27.5 Å². The second-order valence-electron chi connectivity index (χ2n) is 4.22. The molecule has 0 bridgehead atoms. The van der Waals surface area contributed by atoms with Crippen molar-refractivity contribution >= 4 is 33.2 Å². The number of nitrogens with zero attached hydrogens (tertiary/aromatic N) is 1. The monoisotopic (exact) mass is 373 g/mol. The first kappa shape index (κ1) is 15.7. The van der Waals surface area contributed by atoms with Gasteiger partial charge in [0.05, 0.1) is 4.92 Å². The van der Waals surface area contributed by atoms with E-state index in [1.165, 1.54) is 18.2 Å². The minimum atomic E-state index is -0.553. The van der Waals surface area contributed by atoms with Crippen LogP contribution in [0.4, 0.5) is 10.1 Å². The lowest BCUT2D eigenvalue weighted by Crippen LogP contribution is -2.01. The second kappa shape index (κ2) is 6.87. The van der Waals surface area contributed by atoms with E-state index in [9.17, 15) is 14.5 Å².